The molecule has 0 aliphatic carbocycles. The van der Waals surface area contributed by atoms with E-state index in [1.165, 1.54) is 7.11 Å². The van der Waals surface area contributed by atoms with Crippen molar-refractivity contribution in [3.63, 3.8) is 0 Å². The number of benzene rings is 1. The van der Waals surface area contributed by atoms with E-state index in [9.17, 15) is 4.79 Å². The number of esters is 1. The molecule has 1 aromatic rings. The summed E-state index contributed by atoms with van der Waals surface area (Å²) in [5.41, 5.74) is 1.72. The van der Waals surface area contributed by atoms with Crippen molar-refractivity contribution in [2.45, 2.75) is 34.2 Å². The predicted octanol–water partition coefficient (Wildman–Crippen LogP) is 3.59. The van der Waals surface area contributed by atoms with Gasteiger partial charge in [-0.15, -0.1) is 0 Å². The molecule has 1 aromatic carbocycles. The number of rotatable bonds is 7. The fraction of sp³-hybridized carbons (Fsp3) is 0.588. The Morgan fingerprint density at radius 2 is 1.65 bits per heavy atom. The van der Waals surface area contributed by atoms with Crippen molar-refractivity contribution in [3.8, 4) is 0 Å². The summed E-state index contributed by atoms with van der Waals surface area (Å²) in [6, 6.07) is 7.71. The molecule has 20 heavy (non-hydrogen) atoms. The molecule has 0 radical (unpaired) electrons. The maximum Gasteiger partial charge on any atom is 0.338 e. The highest BCUT2D eigenvalue weighted by molar-refractivity contribution is 5.90. The van der Waals surface area contributed by atoms with E-state index in [-0.39, 0.29) is 5.97 Å². The summed E-state index contributed by atoms with van der Waals surface area (Å²) in [5, 5.41) is 0. The van der Waals surface area contributed by atoms with Gasteiger partial charge in [-0.2, -0.15) is 0 Å². The van der Waals surface area contributed by atoms with Gasteiger partial charge in [0.15, 0.2) is 0 Å². The van der Waals surface area contributed by atoms with Crippen LogP contribution in [-0.4, -0.2) is 31.1 Å². The summed E-state index contributed by atoms with van der Waals surface area (Å²) in [6.07, 6.45) is 0. The molecule has 0 spiro atoms. The van der Waals surface area contributed by atoms with Crippen molar-refractivity contribution < 1.29 is 9.53 Å². The van der Waals surface area contributed by atoms with Crippen molar-refractivity contribution in [1.29, 1.82) is 0 Å². The van der Waals surface area contributed by atoms with Crippen LogP contribution in [0.4, 0.5) is 0 Å². The van der Waals surface area contributed by atoms with Crippen molar-refractivity contribution >= 4 is 5.97 Å². The first-order chi connectivity index (χ1) is 9.43. The van der Waals surface area contributed by atoms with Crippen LogP contribution in [0.3, 0.4) is 0 Å². The second-order valence-electron chi connectivity index (χ2n) is 6.13. The number of carbonyl (C=O) groups excluding carboxylic acids is 1. The number of carbonyl (C=O) groups is 1. The van der Waals surface area contributed by atoms with Crippen molar-refractivity contribution in [2.75, 3.05) is 20.2 Å². The van der Waals surface area contributed by atoms with Crippen molar-refractivity contribution in [1.82, 2.24) is 4.90 Å². The van der Waals surface area contributed by atoms with Gasteiger partial charge in [0.2, 0.25) is 0 Å². The van der Waals surface area contributed by atoms with Crippen LogP contribution < -0.4 is 0 Å². The molecule has 3 nitrogen and oxygen atoms in total. The maximum absolute atomic E-state index is 11.8. The van der Waals surface area contributed by atoms with E-state index in [4.69, 9.17) is 4.74 Å². The summed E-state index contributed by atoms with van der Waals surface area (Å²) >= 11 is 0. The molecule has 112 valence electrons. The van der Waals surface area contributed by atoms with Crippen LogP contribution >= 0.6 is 0 Å². The zero-order valence-corrected chi connectivity index (χ0v) is 13.3. The Morgan fingerprint density at radius 3 is 2.15 bits per heavy atom. The summed E-state index contributed by atoms with van der Waals surface area (Å²) in [6.45, 7) is 11.8. The Hall–Kier alpha value is -1.35. The van der Waals surface area contributed by atoms with E-state index in [2.05, 4.69) is 32.6 Å². The third-order valence-electron chi connectivity index (χ3n) is 3.06. The quantitative estimate of drug-likeness (QED) is 0.713. The van der Waals surface area contributed by atoms with Gasteiger partial charge < -0.3 is 4.74 Å². The molecule has 0 saturated heterocycles. The van der Waals surface area contributed by atoms with Crippen molar-refractivity contribution in [2.24, 2.45) is 11.8 Å². The summed E-state index contributed by atoms with van der Waals surface area (Å²) in [4.78, 5) is 14.2. The number of methoxy groups -OCH3 is 1. The van der Waals surface area contributed by atoms with Gasteiger partial charge in [-0.25, -0.2) is 4.79 Å². The highest BCUT2D eigenvalue weighted by Gasteiger charge is 2.15. The molecule has 0 aliphatic heterocycles. The summed E-state index contributed by atoms with van der Waals surface area (Å²) < 4.78 is 4.86. The van der Waals surface area contributed by atoms with E-state index in [1.54, 1.807) is 0 Å². The predicted molar refractivity (Wildman–Crippen MR) is 82.7 cm³/mol. The lowest BCUT2D eigenvalue weighted by Crippen LogP contribution is -2.31. The molecule has 0 aromatic heterocycles. The largest absolute Gasteiger partial charge is 0.465 e. The van der Waals surface area contributed by atoms with Gasteiger partial charge in [-0.05, 0) is 23.5 Å². The van der Waals surface area contributed by atoms with Gasteiger partial charge >= 0.3 is 5.97 Å². The van der Waals surface area contributed by atoms with Crippen LogP contribution in [0.5, 0.6) is 0 Å². The monoisotopic (exact) mass is 277 g/mol. The summed E-state index contributed by atoms with van der Waals surface area (Å²) in [5.74, 6) is 0.965. The Kier molecular flexibility index (Phi) is 6.73. The molecule has 0 amide bonds. The molecule has 0 aliphatic rings. The average Bonchev–Trinajstić information content (AvgIpc) is 2.37. The SMILES string of the molecule is COC(=O)c1ccccc1CN(CC(C)C)CC(C)C. The zero-order valence-electron chi connectivity index (χ0n) is 13.3. The fourth-order valence-electron chi connectivity index (χ4n) is 2.44. The maximum atomic E-state index is 11.8. The average molecular weight is 277 g/mol. The Balaban J connectivity index is 2.89. The lowest BCUT2D eigenvalue weighted by Gasteiger charge is -2.26. The van der Waals surface area contributed by atoms with Gasteiger partial charge in [0, 0.05) is 19.6 Å². The first-order valence-corrected chi connectivity index (χ1v) is 7.32. The standard InChI is InChI=1S/C17H27NO2/c1-13(2)10-18(11-14(3)4)12-15-8-6-7-9-16(15)17(19)20-5/h6-9,13-14H,10-12H2,1-5H3. The molecule has 1 rings (SSSR count). The van der Waals surface area contributed by atoms with Crippen LogP contribution in [-0.2, 0) is 11.3 Å². The van der Waals surface area contributed by atoms with Gasteiger partial charge in [0.05, 0.1) is 12.7 Å². The minimum Gasteiger partial charge on any atom is -0.465 e. The second-order valence-corrected chi connectivity index (χ2v) is 6.13. The van der Waals surface area contributed by atoms with Crippen LogP contribution in [0, 0.1) is 11.8 Å². The van der Waals surface area contributed by atoms with Crippen LogP contribution in [0.2, 0.25) is 0 Å². The fourth-order valence-corrected chi connectivity index (χ4v) is 2.44. The zero-order chi connectivity index (χ0) is 15.1. The number of hydrogen-bond acceptors (Lipinski definition) is 3. The molecular weight excluding hydrogens is 250 g/mol. The van der Waals surface area contributed by atoms with E-state index < -0.39 is 0 Å². The smallest absolute Gasteiger partial charge is 0.338 e. The molecule has 0 saturated carbocycles. The first kappa shape index (κ1) is 16.7. The highest BCUT2D eigenvalue weighted by atomic mass is 16.5. The number of ether oxygens (including phenoxy) is 1. The number of nitrogens with zero attached hydrogens (tertiary/aromatic N) is 1. The highest BCUT2D eigenvalue weighted by Crippen LogP contribution is 2.15. The molecule has 3 heteroatoms. The van der Waals surface area contributed by atoms with E-state index in [0.717, 1.165) is 25.2 Å². The molecule has 0 heterocycles. The third-order valence-corrected chi connectivity index (χ3v) is 3.06. The lowest BCUT2D eigenvalue weighted by molar-refractivity contribution is 0.0598. The van der Waals surface area contributed by atoms with Crippen molar-refractivity contribution in [3.05, 3.63) is 35.4 Å². The Morgan fingerprint density at radius 1 is 1.10 bits per heavy atom. The van der Waals surface area contributed by atoms with Crippen LogP contribution in [0.15, 0.2) is 24.3 Å². The third kappa shape index (κ3) is 5.33. The molecule has 0 unspecified atom stereocenters. The Bertz CT molecular complexity index is 417. The van der Waals surface area contributed by atoms with Gasteiger partial charge in [0.25, 0.3) is 0 Å². The molecule has 0 fully saturated rings. The number of hydrogen-bond donors (Lipinski definition) is 0. The lowest BCUT2D eigenvalue weighted by atomic mass is 10.1. The van der Waals surface area contributed by atoms with Gasteiger partial charge in [-0.1, -0.05) is 45.9 Å². The molecule has 0 atom stereocenters. The van der Waals surface area contributed by atoms with Crippen LogP contribution in [0.1, 0.15) is 43.6 Å². The van der Waals surface area contributed by atoms with Gasteiger partial charge in [0.1, 0.15) is 0 Å². The minimum absolute atomic E-state index is 0.255. The topological polar surface area (TPSA) is 29.5 Å². The second kappa shape index (κ2) is 8.05. The molecule has 0 bridgehead atoms. The summed E-state index contributed by atoms with van der Waals surface area (Å²) in [7, 11) is 1.43. The van der Waals surface area contributed by atoms with E-state index >= 15 is 0 Å². The van der Waals surface area contributed by atoms with Crippen LogP contribution in [0.25, 0.3) is 0 Å². The van der Waals surface area contributed by atoms with Gasteiger partial charge in [-0.3, -0.25) is 4.90 Å². The molecule has 0 N–H and O–H groups in total. The van der Waals surface area contributed by atoms with E-state index in [0.29, 0.717) is 17.4 Å². The molecular formula is C17H27NO2. The van der Waals surface area contributed by atoms with E-state index in [1.807, 2.05) is 24.3 Å². The first-order valence-electron chi connectivity index (χ1n) is 7.32. The normalized spacial score (nSPS) is 11.4. The minimum atomic E-state index is -0.255. The Labute approximate surface area is 122 Å².